The maximum absolute atomic E-state index is 9.47. The second-order valence-corrected chi connectivity index (χ2v) is 4.98. The minimum absolute atomic E-state index is 0.184. The number of hydrogen-bond acceptors (Lipinski definition) is 7. The third-order valence-corrected chi connectivity index (χ3v) is 3.43. The summed E-state index contributed by atoms with van der Waals surface area (Å²) < 4.78 is 10.9. The van der Waals surface area contributed by atoms with Crippen LogP contribution < -0.4 is 5.32 Å². The summed E-state index contributed by atoms with van der Waals surface area (Å²) >= 11 is 0. The van der Waals surface area contributed by atoms with Gasteiger partial charge in [-0.3, -0.25) is 0 Å². The molecule has 0 bridgehead atoms. The van der Waals surface area contributed by atoms with Crippen LogP contribution in [-0.4, -0.2) is 39.5 Å². The van der Waals surface area contributed by atoms with E-state index in [0.29, 0.717) is 17.3 Å². The van der Waals surface area contributed by atoms with Crippen molar-refractivity contribution in [2.24, 2.45) is 0 Å². The largest absolute Gasteiger partial charge is 0.504 e. The summed E-state index contributed by atoms with van der Waals surface area (Å²) in [4.78, 5) is 4.22. The molecule has 7 heteroatoms. The number of rotatable bonds is 4. The molecule has 0 spiro atoms. The molecule has 2 aromatic rings. The van der Waals surface area contributed by atoms with Crippen LogP contribution >= 0.6 is 0 Å². The van der Waals surface area contributed by atoms with E-state index in [4.69, 9.17) is 9.26 Å². The van der Waals surface area contributed by atoms with E-state index in [2.05, 4.69) is 15.5 Å². The number of hydrogen-bond donors (Lipinski definition) is 3. The van der Waals surface area contributed by atoms with Gasteiger partial charge in [0.05, 0.1) is 6.10 Å². The molecule has 0 saturated carbocycles. The van der Waals surface area contributed by atoms with Gasteiger partial charge in [-0.25, -0.2) is 0 Å². The third-order valence-electron chi connectivity index (χ3n) is 3.43. The molecule has 1 aromatic heterocycles. The topological polar surface area (TPSA) is 101 Å². The maximum Gasteiger partial charge on any atom is 0.252 e. The lowest BCUT2D eigenvalue weighted by atomic mass is 10.1. The summed E-state index contributed by atoms with van der Waals surface area (Å²) in [6.45, 7) is 2.21. The number of ether oxygens (including phenoxy) is 1. The molecule has 3 rings (SSSR count). The maximum atomic E-state index is 9.47. The Kier molecular flexibility index (Phi) is 4.03. The van der Waals surface area contributed by atoms with Crippen molar-refractivity contribution < 1.29 is 19.5 Å². The van der Waals surface area contributed by atoms with E-state index in [-0.39, 0.29) is 24.2 Å². The van der Waals surface area contributed by atoms with Crippen LogP contribution in [0.15, 0.2) is 22.7 Å². The summed E-state index contributed by atoms with van der Waals surface area (Å²) in [5, 5.41) is 25.9. The molecule has 1 saturated heterocycles. The number of phenols is 2. The van der Waals surface area contributed by atoms with E-state index < -0.39 is 0 Å². The number of piperidine rings is 1. The number of phenolic OH excluding ortho intramolecular Hbond substituents is 2. The van der Waals surface area contributed by atoms with Gasteiger partial charge in [0.15, 0.2) is 11.5 Å². The molecule has 2 heterocycles. The van der Waals surface area contributed by atoms with Gasteiger partial charge in [0.25, 0.3) is 5.89 Å². The van der Waals surface area contributed by atoms with E-state index in [1.807, 2.05) is 0 Å². The standard InChI is InChI=1S/C14H17N3O4/c18-11-2-1-9(7-12(11)19)14-16-13(21-17-14)8-20-10-3-5-15-6-4-10/h1-2,7,10,15,18-19H,3-6,8H2. The van der Waals surface area contributed by atoms with Crippen LogP contribution in [0.25, 0.3) is 11.4 Å². The fourth-order valence-corrected chi connectivity index (χ4v) is 2.24. The van der Waals surface area contributed by atoms with Gasteiger partial charge in [-0.1, -0.05) is 5.16 Å². The molecule has 1 fully saturated rings. The molecule has 7 nitrogen and oxygen atoms in total. The average Bonchev–Trinajstić information content (AvgIpc) is 2.98. The van der Waals surface area contributed by atoms with Crippen LogP contribution in [0.2, 0.25) is 0 Å². The lowest BCUT2D eigenvalue weighted by Gasteiger charge is -2.21. The molecule has 0 radical (unpaired) electrons. The average molecular weight is 291 g/mol. The Bertz CT molecular complexity index is 608. The third kappa shape index (κ3) is 3.32. The van der Waals surface area contributed by atoms with Crippen molar-refractivity contribution in [2.45, 2.75) is 25.6 Å². The highest BCUT2D eigenvalue weighted by atomic mass is 16.5. The van der Waals surface area contributed by atoms with Gasteiger partial charge in [-0.05, 0) is 44.1 Å². The van der Waals surface area contributed by atoms with Crippen LogP contribution in [-0.2, 0) is 11.3 Å². The lowest BCUT2D eigenvalue weighted by molar-refractivity contribution is 0.00859. The van der Waals surface area contributed by atoms with E-state index >= 15 is 0 Å². The first-order valence-corrected chi connectivity index (χ1v) is 6.89. The molecule has 0 aliphatic carbocycles. The summed E-state index contributed by atoms with van der Waals surface area (Å²) in [5.41, 5.74) is 0.571. The zero-order valence-electron chi connectivity index (χ0n) is 11.5. The first-order valence-electron chi connectivity index (χ1n) is 6.89. The number of nitrogens with one attached hydrogen (secondary N) is 1. The summed E-state index contributed by atoms with van der Waals surface area (Å²) in [6.07, 6.45) is 2.18. The number of nitrogens with zero attached hydrogens (tertiary/aromatic N) is 2. The van der Waals surface area contributed by atoms with Crippen LogP contribution in [0.1, 0.15) is 18.7 Å². The number of aromatic hydroxyl groups is 2. The quantitative estimate of drug-likeness (QED) is 0.732. The van der Waals surface area contributed by atoms with Gasteiger partial charge < -0.3 is 24.8 Å². The van der Waals surface area contributed by atoms with Crippen molar-refractivity contribution in [1.29, 1.82) is 0 Å². The summed E-state index contributed by atoms with van der Waals surface area (Å²) in [7, 11) is 0. The van der Waals surface area contributed by atoms with E-state index in [1.165, 1.54) is 12.1 Å². The highest BCUT2D eigenvalue weighted by Crippen LogP contribution is 2.29. The van der Waals surface area contributed by atoms with Gasteiger partial charge in [0, 0.05) is 5.56 Å². The Labute approximate surface area is 121 Å². The SMILES string of the molecule is Oc1ccc(-c2noc(COC3CCNCC3)n2)cc1O. The fraction of sp³-hybridized carbons (Fsp3) is 0.429. The van der Waals surface area contributed by atoms with Crippen LogP contribution in [0.5, 0.6) is 11.5 Å². The Morgan fingerprint density at radius 3 is 2.81 bits per heavy atom. The monoisotopic (exact) mass is 291 g/mol. The molecular weight excluding hydrogens is 274 g/mol. The number of benzene rings is 1. The Morgan fingerprint density at radius 1 is 1.24 bits per heavy atom. The summed E-state index contributed by atoms with van der Waals surface area (Å²) in [5.74, 6) is 0.354. The first kappa shape index (κ1) is 13.8. The van der Waals surface area contributed by atoms with E-state index in [1.54, 1.807) is 6.07 Å². The van der Waals surface area contributed by atoms with Crippen molar-refractivity contribution in [1.82, 2.24) is 15.5 Å². The molecule has 1 aliphatic heterocycles. The second-order valence-electron chi connectivity index (χ2n) is 4.98. The molecule has 1 aliphatic rings. The zero-order chi connectivity index (χ0) is 14.7. The Morgan fingerprint density at radius 2 is 2.05 bits per heavy atom. The molecule has 0 amide bonds. The van der Waals surface area contributed by atoms with Gasteiger partial charge >= 0.3 is 0 Å². The fourth-order valence-electron chi connectivity index (χ4n) is 2.24. The zero-order valence-corrected chi connectivity index (χ0v) is 11.5. The Hall–Kier alpha value is -2.12. The van der Waals surface area contributed by atoms with E-state index in [0.717, 1.165) is 25.9 Å². The smallest absolute Gasteiger partial charge is 0.252 e. The normalized spacial score (nSPS) is 16.2. The van der Waals surface area contributed by atoms with E-state index in [9.17, 15) is 10.2 Å². The van der Waals surface area contributed by atoms with Gasteiger partial charge in [-0.2, -0.15) is 4.98 Å². The minimum Gasteiger partial charge on any atom is -0.504 e. The van der Waals surface area contributed by atoms with Crippen molar-refractivity contribution >= 4 is 0 Å². The molecule has 3 N–H and O–H groups in total. The van der Waals surface area contributed by atoms with Crippen LogP contribution in [0, 0.1) is 0 Å². The summed E-state index contributed by atoms with van der Waals surface area (Å²) in [6, 6.07) is 4.38. The molecular formula is C14H17N3O4. The Balaban J connectivity index is 1.63. The van der Waals surface area contributed by atoms with Crippen LogP contribution in [0.4, 0.5) is 0 Å². The van der Waals surface area contributed by atoms with Crippen molar-refractivity contribution in [2.75, 3.05) is 13.1 Å². The minimum atomic E-state index is -0.218. The number of aromatic nitrogens is 2. The first-order chi connectivity index (χ1) is 10.2. The van der Waals surface area contributed by atoms with Gasteiger partial charge in [0.1, 0.15) is 6.61 Å². The van der Waals surface area contributed by atoms with Crippen molar-refractivity contribution in [3.8, 4) is 22.9 Å². The van der Waals surface area contributed by atoms with Crippen LogP contribution in [0.3, 0.4) is 0 Å². The van der Waals surface area contributed by atoms with Gasteiger partial charge in [-0.15, -0.1) is 0 Å². The highest BCUT2D eigenvalue weighted by Gasteiger charge is 2.16. The highest BCUT2D eigenvalue weighted by molar-refractivity contribution is 5.59. The van der Waals surface area contributed by atoms with Gasteiger partial charge in [0.2, 0.25) is 5.82 Å². The lowest BCUT2D eigenvalue weighted by Crippen LogP contribution is -2.32. The molecule has 0 atom stereocenters. The molecule has 21 heavy (non-hydrogen) atoms. The second kappa shape index (κ2) is 6.11. The van der Waals surface area contributed by atoms with Crippen molar-refractivity contribution in [3.05, 3.63) is 24.1 Å². The predicted octanol–water partition coefficient (Wildman–Crippen LogP) is 1.42. The molecule has 1 aromatic carbocycles. The molecule has 0 unspecified atom stereocenters. The van der Waals surface area contributed by atoms with Crippen molar-refractivity contribution in [3.63, 3.8) is 0 Å². The predicted molar refractivity (Wildman–Crippen MR) is 73.7 cm³/mol. The molecule has 112 valence electrons.